The van der Waals surface area contributed by atoms with E-state index in [2.05, 4.69) is 19.7 Å². The van der Waals surface area contributed by atoms with E-state index in [1.165, 1.54) is 12.8 Å². The second kappa shape index (κ2) is 4.48. The summed E-state index contributed by atoms with van der Waals surface area (Å²) >= 11 is 0. The van der Waals surface area contributed by atoms with Gasteiger partial charge in [-0.25, -0.2) is 4.98 Å². The number of benzene rings is 1. The zero-order valence-electron chi connectivity index (χ0n) is 11.7. The highest BCUT2D eigenvalue weighted by Gasteiger charge is 2.25. The summed E-state index contributed by atoms with van der Waals surface area (Å²) < 4.78 is 2.14. The number of hydrogen-bond acceptors (Lipinski definition) is 4. The number of imidazole rings is 1. The maximum absolute atomic E-state index is 11.3. The third-order valence-electron chi connectivity index (χ3n) is 3.94. The van der Waals surface area contributed by atoms with E-state index < -0.39 is 0 Å². The van der Waals surface area contributed by atoms with Gasteiger partial charge in [0.1, 0.15) is 5.69 Å². The first-order chi connectivity index (χ1) is 10.3. The molecule has 1 aliphatic rings. The van der Waals surface area contributed by atoms with Crippen LogP contribution in [0.25, 0.3) is 22.2 Å². The fourth-order valence-corrected chi connectivity index (χ4v) is 2.73. The molecule has 104 valence electrons. The maximum atomic E-state index is 11.3. The molecular weight excluding hydrogens is 264 g/mol. The standard InChI is InChI=1S/C16H14N4O/c1-10-6-11(4-5-17-10)13-7-15-16(8-14(13)19-21)20(9-18-15)12-2-3-12/h4-9,12H,2-3H2,1H3. The van der Waals surface area contributed by atoms with E-state index in [0.29, 0.717) is 11.7 Å². The van der Waals surface area contributed by atoms with Crippen LogP contribution in [-0.4, -0.2) is 14.5 Å². The van der Waals surface area contributed by atoms with Crippen LogP contribution in [0.3, 0.4) is 0 Å². The van der Waals surface area contributed by atoms with Crippen LogP contribution >= 0.6 is 0 Å². The number of aromatic nitrogens is 3. The molecule has 5 heteroatoms. The molecule has 0 amide bonds. The molecule has 1 aliphatic carbocycles. The molecule has 4 rings (SSSR count). The summed E-state index contributed by atoms with van der Waals surface area (Å²) in [5, 5.41) is 3.22. The lowest BCUT2D eigenvalue weighted by Gasteiger charge is -2.07. The van der Waals surface area contributed by atoms with Gasteiger partial charge < -0.3 is 4.57 Å². The van der Waals surface area contributed by atoms with Crippen molar-refractivity contribution in [1.29, 1.82) is 0 Å². The monoisotopic (exact) mass is 278 g/mol. The van der Waals surface area contributed by atoms with Crippen molar-refractivity contribution in [3.05, 3.63) is 47.4 Å². The minimum absolute atomic E-state index is 0.454. The number of hydrogen-bond donors (Lipinski definition) is 0. The molecule has 0 atom stereocenters. The van der Waals surface area contributed by atoms with Crippen LogP contribution in [0.1, 0.15) is 24.6 Å². The molecule has 0 aliphatic heterocycles. The number of aryl methyl sites for hydroxylation is 1. The summed E-state index contributed by atoms with van der Waals surface area (Å²) in [5.41, 5.74) is 5.01. The molecule has 0 spiro atoms. The molecule has 1 fully saturated rings. The Hall–Kier alpha value is -2.56. The Balaban J connectivity index is 1.94. The molecule has 0 N–H and O–H groups in total. The Morgan fingerprint density at radius 1 is 1.24 bits per heavy atom. The summed E-state index contributed by atoms with van der Waals surface area (Å²) in [7, 11) is 0. The van der Waals surface area contributed by atoms with E-state index in [-0.39, 0.29) is 0 Å². The van der Waals surface area contributed by atoms with Crippen LogP contribution in [0.5, 0.6) is 0 Å². The smallest absolute Gasteiger partial charge is 0.118 e. The molecule has 2 aromatic heterocycles. The van der Waals surface area contributed by atoms with Crippen LogP contribution in [0, 0.1) is 11.8 Å². The first-order valence-electron chi connectivity index (χ1n) is 7.03. The second-order valence-electron chi connectivity index (χ2n) is 5.52. The molecule has 0 saturated heterocycles. The lowest BCUT2D eigenvalue weighted by atomic mass is 10.0. The molecule has 0 radical (unpaired) electrons. The van der Waals surface area contributed by atoms with E-state index in [1.807, 2.05) is 37.5 Å². The number of rotatable bonds is 3. The molecule has 5 nitrogen and oxygen atoms in total. The molecule has 0 unspecified atom stereocenters. The average molecular weight is 278 g/mol. The molecule has 1 aromatic carbocycles. The molecular formula is C16H14N4O. The predicted octanol–water partition coefficient (Wildman–Crippen LogP) is 4.14. The topological polar surface area (TPSA) is 60.1 Å². The zero-order chi connectivity index (χ0) is 14.4. The van der Waals surface area contributed by atoms with Gasteiger partial charge in [0.15, 0.2) is 0 Å². The van der Waals surface area contributed by atoms with Crippen molar-refractivity contribution in [3.8, 4) is 11.1 Å². The number of fused-ring (bicyclic) bond motifs is 1. The molecule has 1 saturated carbocycles. The van der Waals surface area contributed by atoms with Gasteiger partial charge >= 0.3 is 0 Å². The summed E-state index contributed by atoms with van der Waals surface area (Å²) in [4.78, 5) is 19.9. The van der Waals surface area contributed by atoms with Gasteiger partial charge in [0.05, 0.1) is 17.4 Å². The summed E-state index contributed by atoms with van der Waals surface area (Å²) in [6.07, 6.45) is 5.96. The van der Waals surface area contributed by atoms with Crippen molar-refractivity contribution < 1.29 is 0 Å². The van der Waals surface area contributed by atoms with Gasteiger partial charge in [-0.05, 0) is 54.8 Å². The van der Waals surface area contributed by atoms with Crippen molar-refractivity contribution in [2.24, 2.45) is 5.18 Å². The van der Waals surface area contributed by atoms with Crippen LogP contribution in [-0.2, 0) is 0 Å². The van der Waals surface area contributed by atoms with Crippen LogP contribution in [0.4, 0.5) is 5.69 Å². The number of nitroso groups, excluding NO2 is 1. The van der Waals surface area contributed by atoms with Crippen LogP contribution < -0.4 is 0 Å². The minimum atomic E-state index is 0.454. The minimum Gasteiger partial charge on any atom is -0.327 e. The van der Waals surface area contributed by atoms with E-state index in [1.54, 1.807) is 6.20 Å². The predicted molar refractivity (Wildman–Crippen MR) is 81.4 cm³/mol. The highest BCUT2D eigenvalue weighted by atomic mass is 16.3. The van der Waals surface area contributed by atoms with Crippen molar-refractivity contribution in [1.82, 2.24) is 14.5 Å². The van der Waals surface area contributed by atoms with Gasteiger partial charge in [-0.2, -0.15) is 0 Å². The fourth-order valence-electron chi connectivity index (χ4n) is 2.73. The summed E-state index contributed by atoms with van der Waals surface area (Å²) in [5.74, 6) is 0. The second-order valence-corrected chi connectivity index (χ2v) is 5.52. The quantitative estimate of drug-likeness (QED) is 0.676. The normalized spacial score (nSPS) is 14.5. The Morgan fingerprint density at radius 3 is 2.81 bits per heavy atom. The van der Waals surface area contributed by atoms with E-state index in [9.17, 15) is 4.91 Å². The summed E-state index contributed by atoms with van der Waals surface area (Å²) in [6, 6.07) is 8.16. The van der Waals surface area contributed by atoms with Crippen molar-refractivity contribution in [2.45, 2.75) is 25.8 Å². The van der Waals surface area contributed by atoms with E-state index >= 15 is 0 Å². The third kappa shape index (κ3) is 2.01. The maximum Gasteiger partial charge on any atom is 0.118 e. The van der Waals surface area contributed by atoms with Gasteiger partial charge in [0.2, 0.25) is 0 Å². The first-order valence-corrected chi connectivity index (χ1v) is 7.03. The van der Waals surface area contributed by atoms with Crippen molar-refractivity contribution >= 4 is 16.7 Å². The van der Waals surface area contributed by atoms with Crippen LogP contribution in [0.2, 0.25) is 0 Å². The van der Waals surface area contributed by atoms with Crippen molar-refractivity contribution in [3.63, 3.8) is 0 Å². The van der Waals surface area contributed by atoms with Gasteiger partial charge in [0.25, 0.3) is 0 Å². The lowest BCUT2D eigenvalue weighted by Crippen LogP contribution is -1.91. The molecule has 0 bridgehead atoms. The Kier molecular flexibility index (Phi) is 2.60. The molecule has 21 heavy (non-hydrogen) atoms. The molecule has 3 aromatic rings. The highest BCUT2D eigenvalue weighted by molar-refractivity contribution is 5.89. The van der Waals surface area contributed by atoms with Gasteiger partial charge in [-0.15, -0.1) is 4.91 Å². The molecule has 2 heterocycles. The number of nitrogens with zero attached hydrogens (tertiary/aromatic N) is 4. The first kappa shape index (κ1) is 12.2. The third-order valence-corrected chi connectivity index (χ3v) is 3.94. The highest BCUT2D eigenvalue weighted by Crippen LogP contribution is 2.40. The summed E-state index contributed by atoms with van der Waals surface area (Å²) in [6.45, 7) is 1.93. The Morgan fingerprint density at radius 2 is 2.10 bits per heavy atom. The van der Waals surface area contributed by atoms with E-state index in [4.69, 9.17) is 0 Å². The average Bonchev–Trinajstić information content (AvgIpc) is 3.26. The van der Waals surface area contributed by atoms with Crippen LogP contribution in [0.15, 0.2) is 42.0 Å². The van der Waals surface area contributed by atoms with Gasteiger partial charge in [-0.1, -0.05) is 0 Å². The Bertz CT molecular complexity index is 849. The lowest BCUT2D eigenvalue weighted by molar-refractivity contribution is 0.766. The Labute approximate surface area is 121 Å². The largest absolute Gasteiger partial charge is 0.327 e. The zero-order valence-corrected chi connectivity index (χ0v) is 11.7. The van der Waals surface area contributed by atoms with Gasteiger partial charge in [-0.3, -0.25) is 4.98 Å². The number of pyridine rings is 1. The van der Waals surface area contributed by atoms with E-state index in [0.717, 1.165) is 27.9 Å². The van der Waals surface area contributed by atoms with Gasteiger partial charge in [0, 0.05) is 23.5 Å². The fraction of sp³-hybridized carbons (Fsp3) is 0.250. The SMILES string of the molecule is Cc1cc(-c2cc3ncn(C4CC4)c3cc2N=O)ccn1. The van der Waals surface area contributed by atoms with Crippen molar-refractivity contribution in [2.75, 3.05) is 0 Å².